The number of halogens is 1. The minimum atomic E-state index is -0.404. The Kier molecular flexibility index (Phi) is 7.35. The number of β-amino-alcohol motifs (C(OH)–C–C–N with tert-alkyl or cyclic N) is 1. The van der Waals surface area contributed by atoms with E-state index in [0.29, 0.717) is 6.61 Å². The molecule has 4 heteroatoms. The molecule has 1 aromatic rings. The van der Waals surface area contributed by atoms with Crippen LogP contribution in [-0.2, 0) is 0 Å². The zero-order valence-electron chi connectivity index (χ0n) is 12.4. The Hall–Kier alpha value is -0.770. The number of ether oxygens (including phenoxy) is 1. The van der Waals surface area contributed by atoms with Gasteiger partial charge in [0.15, 0.2) is 0 Å². The summed E-state index contributed by atoms with van der Waals surface area (Å²) >= 11 is 0. The average Bonchev–Trinajstić information content (AvgIpc) is 2.39. The number of benzene rings is 1. The van der Waals surface area contributed by atoms with E-state index >= 15 is 0 Å². The van der Waals surface area contributed by atoms with Crippen LogP contribution < -0.4 is 17.1 Å². The Morgan fingerprint density at radius 2 is 1.90 bits per heavy atom. The number of hydrogen-bond acceptors (Lipinski definition) is 3. The highest BCUT2D eigenvalue weighted by molar-refractivity contribution is 5.35. The molecular formula is C16H25ClNO2-. The molecule has 2 rings (SSSR count). The number of rotatable bonds is 5. The van der Waals surface area contributed by atoms with Gasteiger partial charge in [0, 0.05) is 6.54 Å². The van der Waals surface area contributed by atoms with Crippen molar-refractivity contribution in [2.24, 2.45) is 0 Å². The second-order valence-corrected chi connectivity index (χ2v) is 5.60. The number of aryl methyl sites for hydroxylation is 2. The number of aliphatic hydroxyl groups is 1. The van der Waals surface area contributed by atoms with Gasteiger partial charge in [0.25, 0.3) is 0 Å². The van der Waals surface area contributed by atoms with Crippen LogP contribution in [0.5, 0.6) is 5.75 Å². The monoisotopic (exact) mass is 298 g/mol. The van der Waals surface area contributed by atoms with E-state index in [1.807, 2.05) is 19.1 Å². The normalized spacial score (nSPS) is 17.4. The molecular weight excluding hydrogens is 274 g/mol. The van der Waals surface area contributed by atoms with Crippen LogP contribution in [0, 0.1) is 13.8 Å². The molecule has 1 aliphatic heterocycles. The Labute approximate surface area is 128 Å². The van der Waals surface area contributed by atoms with Crippen LogP contribution in [-0.4, -0.2) is 42.4 Å². The van der Waals surface area contributed by atoms with Crippen molar-refractivity contribution >= 4 is 0 Å². The van der Waals surface area contributed by atoms with Crippen LogP contribution >= 0.6 is 0 Å². The lowest BCUT2D eigenvalue weighted by atomic mass is 10.1. The summed E-state index contributed by atoms with van der Waals surface area (Å²) in [6.45, 7) is 7.44. The summed E-state index contributed by atoms with van der Waals surface area (Å²) in [5.41, 5.74) is 2.36. The third kappa shape index (κ3) is 5.31. The summed E-state index contributed by atoms with van der Waals surface area (Å²) in [4.78, 5) is 2.33. The summed E-state index contributed by atoms with van der Waals surface area (Å²) in [6, 6.07) is 6.13. The van der Waals surface area contributed by atoms with Crippen molar-refractivity contribution in [2.75, 3.05) is 26.2 Å². The molecule has 0 spiro atoms. The number of aliphatic hydroxyl groups excluding tert-OH is 1. The fraction of sp³-hybridized carbons (Fsp3) is 0.625. The van der Waals surface area contributed by atoms with Crippen molar-refractivity contribution in [3.63, 3.8) is 0 Å². The van der Waals surface area contributed by atoms with Crippen LogP contribution in [0.3, 0.4) is 0 Å². The van der Waals surface area contributed by atoms with E-state index in [1.54, 1.807) is 0 Å². The molecule has 20 heavy (non-hydrogen) atoms. The van der Waals surface area contributed by atoms with Crippen molar-refractivity contribution in [3.8, 4) is 5.75 Å². The van der Waals surface area contributed by atoms with E-state index in [4.69, 9.17) is 4.74 Å². The highest BCUT2D eigenvalue weighted by Crippen LogP contribution is 2.19. The molecule has 0 aromatic heterocycles. The summed E-state index contributed by atoms with van der Waals surface area (Å²) in [5, 5.41) is 10.0. The fourth-order valence-electron chi connectivity index (χ4n) is 2.64. The van der Waals surface area contributed by atoms with Gasteiger partial charge in [-0.2, -0.15) is 0 Å². The molecule has 0 bridgehead atoms. The SMILES string of the molecule is Cc1ccc(OCC(O)CN2CCCCC2)c(C)c1.[Cl-]. The molecule has 1 fully saturated rings. The molecule has 0 saturated carbocycles. The van der Waals surface area contributed by atoms with E-state index in [2.05, 4.69) is 17.9 Å². The summed E-state index contributed by atoms with van der Waals surface area (Å²) in [6.07, 6.45) is 3.43. The van der Waals surface area contributed by atoms with Gasteiger partial charge in [-0.25, -0.2) is 0 Å². The number of hydrogen-bond donors (Lipinski definition) is 1. The van der Waals surface area contributed by atoms with E-state index in [-0.39, 0.29) is 12.4 Å². The predicted octanol–water partition coefficient (Wildman–Crippen LogP) is -0.467. The average molecular weight is 299 g/mol. The minimum absolute atomic E-state index is 0. The van der Waals surface area contributed by atoms with Gasteiger partial charge < -0.3 is 27.2 Å². The van der Waals surface area contributed by atoms with Gasteiger partial charge in [-0.1, -0.05) is 24.1 Å². The summed E-state index contributed by atoms with van der Waals surface area (Å²) < 4.78 is 5.72. The van der Waals surface area contributed by atoms with Crippen LogP contribution in [0.4, 0.5) is 0 Å². The lowest BCUT2D eigenvalue weighted by Gasteiger charge is -2.28. The van der Waals surface area contributed by atoms with Gasteiger partial charge in [0.2, 0.25) is 0 Å². The highest BCUT2D eigenvalue weighted by atomic mass is 35.5. The van der Waals surface area contributed by atoms with Gasteiger partial charge in [0.1, 0.15) is 18.5 Å². The van der Waals surface area contributed by atoms with Gasteiger partial charge in [-0.3, -0.25) is 0 Å². The molecule has 1 aliphatic rings. The van der Waals surface area contributed by atoms with E-state index in [0.717, 1.165) is 30.9 Å². The fourth-order valence-corrected chi connectivity index (χ4v) is 2.64. The molecule has 1 unspecified atom stereocenters. The molecule has 0 amide bonds. The number of piperidine rings is 1. The van der Waals surface area contributed by atoms with Gasteiger partial charge in [0.05, 0.1) is 0 Å². The third-order valence-electron chi connectivity index (χ3n) is 3.68. The van der Waals surface area contributed by atoms with Crippen LogP contribution in [0.2, 0.25) is 0 Å². The molecule has 3 nitrogen and oxygen atoms in total. The Morgan fingerprint density at radius 3 is 2.55 bits per heavy atom. The first kappa shape index (κ1) is 17.3. The Balaban J connectivity index is 0.00000200. The molecule has 1 heterocycles. The Morgan fingerprint density at radius 1 is 1.20 bits per heavy atom. The van der Waals surface area contributed by atoms with Crippen molar-refractivity contribution in [1.29, 1.82) is 0 Å². The molecule has 1 saturated heterocycles. The Bertz CT molecular complexity index is 405. The smallest absolute Gasteiger partial charge is 0.122 e. The first-order chi connectivity index (χ1) is 9.15. The lowest BCUT2D eigenvalue weighted by Crippen LogP contribution is -3.00. The first-order valence-electron chi connectivity index (χ1n) is 7.25. The molecule has 114 valence electrons. The molecule has 0 radical (unpaired) electrons. The van der Waals surface area contributed by atoms with Crippen molar-refractivity contribution in [2.45, 2.75) is 39.2 Å². The van der Waals surface area contributed by atoms with E-state index < -0.39 is 6.10 Å². The maximum absolute atomic E-state index is 10.0. The largest absolute Gasteiger partial charge is 1.00 e. The third-order valence-corrected chi connectivity index (χ3v) is 3.68. The number of nitrogens with zero attached hydrogens (tertiary/aromatic N) is 1. The van der Waals surface area contributed by atoms with Crippen molar-refractivity contribution < 1.29 is 22.3 Å². The van der Waals surface area contributed by atoms with Gasteiger partial charge in [-0.05, 0) is 51.4 Å². The molecule has 0 aliphatic carbocycles. The second-order valence-electron chi connectivity index (χ2n) is 5.60. The second kappa shape index (κ2) is 8.50. The first-order valence-corrected chi connectivity index (χ1v) is 7.25. The highest BCUT2D eigenvalue weighted by Gasteiger charge is 2.15. The summed E-state index contributed by atoms with van der Waals surface area (Å²) in [7, 11) is 0. The van der Waals surface area contributed by atoms with E-state index in [9.17, 15) is 5.11 Å². The molecule has 1 aromatic carbocycles. The lowest BCUT2D eigenvalue weighted by molar-refractivity contribution is -0.00000650. The molecule has 1 atom stereocenters. The predicted molar refractivity (Wildman–Crippen MR) is 77.7 cm³/mol. The standard InChI is InChI=1S/C16H25NO2.ClH/c1-13-6-7-16(14(2)10-13)19-12-15(18)11-17-8-4-3-5-9-17;/h6-7,10,15,18H,3-5,8-9,11-12H2,1-2H3;1H/p-1. The minimum Gasteiger partial charge on any atom is -1.00 e. The van der Waals surface area contributed by atoms with E-state index in [1.165, 1.54) is 24.8 Å². The zero-order valence-corrected chi connectivity index (χ0v) is 13.2. The van der Waals surface area contributed by atoms with Gasteiger partial charge in [-0.15, -0.1) is 0 Å². The topological polar surface area (TPSA) is 32.7 Å². The molecule has 1 N–H and O–H groups in total. The maximum atomic E-state index is 10.0. The van der Waals surface area contributed by atoms with Crippen LogP contribution in [0.1, 0.15) is 30.4 Å². The summed E-state index contributed by atoms with van der Waals surface area (Å²) in [5.74, 6) is 0.878. The quantitative estimate of drug-likeness (QED) is 0.798. The van der Waals surface area contributed by atoms with Crippen molar-refractivity contribution in [1.82, 2.24) is 4.90 Å². The zero-order chi connectivity index (χ0) is 13.7. The number of likely N-dealkylation sites (tertiary alicyclic amines) is 1. The van der Waals surface area contributed by atoms with Crippen LogP contribution in [0.25, 0.3) is 0 Å². The van der Waals surface area contributed by atoms with Gasteiger partial charge >= 0.3 is 0 Å². The van der Waals surface area contributed by atoms with Crippen molar-refractivity contribution in [3.05, 3.63) is 29.3 Å². The van der Waals surface area contributed by atoms with Crippen LogP contribution in [0.15, 0.2) is 18.2 Å². The maximum Gasteiger partial charge on any atom is 0.122 e.